The van der Waals surface area contributed by atoms with Crippen molar-refractivity contribution in [2.75, 3.05) is 54.4 Å². The molecule has 0 spiro atoms. The van der Waals surface area contributed by atoms with Crippen LogP contribution in [0.1, 0.15) is 5.56 Å². The van der Waals surface area contributed by atoms with E-state index in [0.29, 0.717) is 6.54 Å². The van der Waals surface area contributed by atoms with E-state index in [0.717, 1.165) is 31.7 Å². The standard InChI is InChI=1S/C15H27N5O/c1-18(2)9-11-20(12-10-19(3)4)15(21)17-13-14-5-7-16-8-6-14/h5-8H,9-13H2,1-4H3,(H,17,21). The molecule has 0 saturated carbocycles. The second-order valence-corrected chi connectivity index (χ2v) is 5.61. The van der Waals surface area contributed by atoms with Crippen LogP contribution in [0.4, 0.5) is 4.79 Å². The van der Waals surface area contributed by atoms with Gasteiger partial charge in [-0.05, 0) is 45.9 Å². The van der Waals surface area contributed by atoms with Gasteiger partial charge in [0.15, 0.2) is 0 Å². The van der Waals surface area contributed by atoms with Crippen molar-refractivity contribution in [3.05, 3.63) is 30.1 Å². The lowest BCUT2D eigenvalue weighted by atomic mass is 10.3. The van der Waals surface area contributed by atoms with Gasteiger partial charge in [0.2, 0.25) is 0 Å². The Labute approximate surface area is 127 Å². The van der Waals surface area contributed by atoms with E-state index >= 15 is 0 Å². The summed E-state index contributed by atoms with van der Waals surface area (Å²) in [6.45, 7) is 3.69. The van der Waals surface area contributed by atoms with E-state index in [-0.39, 0.29) is 6.03 Å². The van der Waals surface area contributed by atoms with E-state index in [1.165, 1.54) is 0 Å². The monoisotopic (exact) mass is 293 g/mol. The third-order valence-electron chi connectivity index (χ3n) is 3.11. The SMILES string of the molecule is CN(C)CCN(CCN(C)C)C(=O)NCc1ccncc1. The fraction of sp³-hybridized carbons (Fsp3) is 0.600. The van der Waals surface area contributed by atoms with Gasteiger partial charge in [-0.15, -0.1) is 0 Å². The molecular formula is C15H27N5O. The van der Waals surface area contributed by atoms with Crippen LogP contribution in [0.5, 0.6) is 0 Å². The summed E-state index contributed by atoms with van der Waals surface area (Å²) < 4.78 is 0. The highest BCUT2D eigenvalue weighted by Crippen LogP contribution is 1.97. The molecule has 2 amide bonds. The number of carbonyl (C=O) groups excluding carboxylic acids is 1. The normalized spacial score (nSPS) is 11.0. The minimum atomic E-state index is -0.0180. The van der Waals surface area contributed by atoms with Gasteiger partial charge in [-0.1, -0.05) is 0 Å². The lowest BCUT2D eigenvalue weighted by Gasteiger charge is -2.26. The van der Waals surface area contributed by atoms with E-state index in [4.69, 9.17) is 0 Å². The molecule has 118 valence electrons. The Morgan fingerprint density at radius 2 is 1.52 bits per heavy atom. The zero-order valence-corrected chi connectivity index (χ0v) is 13.5. The zero-order chi connectivity index (χ0) is 15.7. The minimum Gasteiger partial charge on any atom is -0.334 e. The summed E-state index contributed by atoms with van der Waals surface area (Å²) in [5.41, 5.74) is 1.05. The predicted octanol–water partition coefficient (Wildman–Crippen LogP) is 0.716. The Balaban J connectivity index is 2.48. The molecule has 0 fully saturated rings. The number of aromatic nitrogens is 1. The van der Waals surface area contributed by atoms with Crippen molar-refractivity contribution in [2.45, 2.75) is 6.54 Å². The zero-order valence-electron chi connectivity index (χ0n) is 13.5. The van der Waals surface area contributed by atoms with Gasteiger partial charge in [-0.3, -0.25) is 4.98 Å². The molecule has 0 unspecified atom stereocenters. The van der Waals surface area contributed by atoms with Crippen LogP contribution in [0.15, 0.2) is 24.5 Å². The first-order valence-electron chi connectivity index (χ1n) is 7.20. The maximum Gasteiger partial charge on any atom is 0.317 e. The van der Waals surface area contributed by atoms with Crippen LogP contribution in [0.3, 0.4) is 0 Å². The van der Waals surface area contributed by atoms with Gasteiger partial charge < -0.3 is 20.0 Å². The van der Waals surface area contributed by atoms with Gasteiger partial charge in [-0.25, -0.2) is 4.79 Å². The fourth-order valence-corrected chi connectivity index (χ4v) is 1.75. The van der Waals surface area contributed by atoms with E-state index in [1.807, 2.05) is 45.2 Å². The van der Waals surface area contributed by atoms with Crippen molar-refractivity contribution in [3.8, 4) is 0 Å². The molecule has 0 aliphatic heterocycles. The minimum absolute atomic E-state index is 0.0180. The van der Waals surface area contributed by atoms with E-state index < -0.39 is 0 Å². The Hall–Kier alpha value is -1.66. The molecule has 1 aromatic heterocycles. The Morgan fingerprint density at radius 1 is 1.00 bits per heavy atom. The first kappa shape index (κ1) is 17.4. The molecule has 0 aliphatic rings. The maximum absolute atomic E-state index is 12.3. The highest BCUT2D eigenvalue weighted by Gasteiger charge is 2.13. The van der Waals surface area contributed by atoms with Crippen LogP contribution >= 0.6 is 0 Å². The second kappa shape index (κ2) is 9.31. The molecule has 0 radical (unpaired) electrons. The molecule has 0 bridgehead atoms. The van der Waals surface area contributed by atoms with Gasteiger partial charge >= 0.3 is 6.03 Å². The molecule has 0 saturated heterocycles. The number of urea groups is 1. The van der Waals surface area contributed by atoms with Crippen LogP contribution in [0.25, 0.3) is 0 Å². The number of rotatable bonds is 8. The van der Waals surface area contributed by atoms with E-state index in [9.17, 15) is 4.79 Å². The third-order valence-corrected chi connectivity index (χ3v) is 3.11. The van der Waals surface area contributed by atoms with Crippen molar-refractivity contribution < 1.29 is 4.79 Å². The summed E-state index contributed by atoms with van der Waals surface area (Å²) in [6.07, 6.45) is 3.47. The molecule has 0 atom stereocenters. The van der Waals surface area contributed by atoms with Gasteiger partial charge in [0, 0.05) is 45.1 Å². The number of nitrogens with zero attached hydrogens (tertiary/aromatic N) is 4. The maximum atomic E-state index is 12.3. The van der Waals surface area contributed by atoms with Crippen LogP contribution in [-0.2, 0) is 6.54 Å². The van der Waals surface area contributed by atoms with Crippen molar-refractivity contribution in [1.29, 1.82) is 0 Å². The summed E-state index contributed by atoms with van der Waals surface area (Å²) in [7, 11) is 8.05. The number of hydrogen-bond donors (Lipinski definition) is 1. The number of pyridine rings is 1. The topological polar surface area (TPSA) is 51.7 Å². The van der Waals surface area contributed by atoms with E-state index in [2.05, 4.69) is 20.1 Å². The number of amides is 2. The Morgan fingerprint density at radius 3 is 2.00 bits per heavy atom. The summed E-state index contributed by atoms with van der Waals surface area (Å²) in [5, 5.41) is 2.97. The molecule has 6 nitrogen and oxygen atoms in total. The molecule has 6 heteroatoms. The van der Waals surface area contributed by atoms with Crippen molar-refractivity contribution >= 4 is 6.03 Å². The summed E-state index contributed by atoms with van der Waals surface area (Å²) in [6, 6.07) is 3.80. The largest absolute Gasteiger partial charge is 0.334 e. The number of hydrogen-bond acceptors (Lipinski definition) is 4. The molecule has 1 N–H and O–H groups in total. The summed E-state index contributed by atoms with van der Waals surface area (Å²) in [4.78, 5) is 22.3. The first-order valence-corrected chi connectivity index (χ1v) is 7.20. The van der Waals surface area contributed by atoms with Gasteiger partial charge in [0.05, 0.1) is 0 Å². The highest BCUT2D eigenvalue weighted by atomic mass is 16.2. The quantitative estimate of drug-likeness (QED) is 0.767. The fourth-order valence-electron chi connectivity index (χ4n) is 1.75. The first-order chi connectivity index (χ1) is 9.99. The molecule has 1 aromatic rings. The van der Waals surface area contributed by atoms with Crippen LogP contribution in [0.2, 0.25) is 0 Å². The van der Waals surface area contributed by atoms with Crippen LogP contribution in [0, 0.1) is 0 Å². The number of likely N-dealkylation sites (N-methyl/N-ethyl adjacent to an activating group) is 2. The second-order valence-electron chi connectivity index (χ2n) is 5.61. The lowest BCUT2D eigenvalue weighted by molar-refractivity contribution is 0.185. The Kier molecular flexibility index (Phi) is 7.71. The molecule has 1 rings (SSSR count). The third kappa shape index (κ3) is 7.63. The predicted molar refractivity (Wildman–Crippen MR) is 85.2 cm³/mol. The van der Waals surface area contributed by atoms with Crippen LogP contribution in [-0.4, -0.2) is 80.1 Å². The molecule has 21 heavy (non-hydrogen) atoms. The van der Waals surface area contributed by atoms with Crippen molar-refractivity contribution in [2.24, 2.45) is 0 Å². The average molecular weight is 293 g/mol. The van der Waals surface area contributed by atoms with Crippen molar-refractivity contribution in [3.63, 3.8) is 0 Å². The summed E-state index contributed by atoms with van der Waals surface area (Å²) in [5.74, 6) is 0. The smallest absolute Gasteiger partial charge is 0.317 e. The summed E-state index contributed by atoms with van der Waals surface area (Å²) >= 11 is 0. The van der Waals surface area contributed by atoms with E-state index in [1.54, 1.807) is 12.4 Å². The van der Waals surface area contributed by atoms with Gasteiger partial charge in [-0.2, -0.15) is 0 Å². The molecule has 0 aliphatic carbocycles. The average Bonchev–Trinajstić information content (AvgIpc) is 2.45. The number of nitrogens with one attached hydrogen (secondary N) is 1. The number of carbonyl (C=O) groups is 1. The van der Waals surface area contributed by atoms with Gasteiger partial charge in [0.25, 0.3) is 0 Å². The molecular weight excluding hydrogens is 266 g/mol. The lowest BCUT2D eigenvalue weighted by Crippen LogP contribution is -2.45. The van der Waals surface area contributed by atoms with Crippen molar-refractivity contribution in [1.82, 2.24) is 25.0 Å². The molecule has 1 heterocycles. The Bertz CT molecular complexity index is 396. The molecule has 0 aromatic carbocycles. The van der Waals surface area contributed by atoms with Gasteiger partial charge in [0.1, 0.15) is 0 Å². The van der Waals surface area contributed by atoms with Crippen LogP contribution < -0.4 is 5.32 Å². The highest BCUT2D eigenvalue weighted by molar-refractivity contribution is 5.74.